The fourth-order valence-electron chi connectivity index (χ4n) is 2.59. The number of nitrogens with one attached hydrogen (secondary N) is 1. The molecule has 0 atom stereocenters. The van der Waals surface area contributed by atoms with Crippen molar-refractivity contribution in [1.29, 1.82) is 5.26 Å². The molecule has 1 aromatic carbocycles. The first-order valence-corrected chi connectivity index (χ1v) is 9.72. The van der Waals surface area contributed by atoms with E-state index in [1.807, 2.05) is 19.9 Å². The second kappa shape index (κ2) is 8.67. The smallest absolute Gasteiger partial charge is 0.269 e. The van der Waals surface area contributed by atoms with Crippen LogP contribution in [-0.4, -0.2) is 21.0 Å². The van der Waals surface area contributed by atoms with Gasteiger partial charge in [0.1, 0.15) is 28.2 Å². The number of aryl methyl sites for hydroxylation is 1. The van der Waals surface area contributed by atoms with Crippen molar-refractivity contribution in [3.8, 4) is 17.4 Å². The quantitative estimate of drug-likeness (QED) is 0.263. The summed E-state index contributed by atoms with van der Waals surface area (Å²) in [6.45, 7) is 5.67. The lowest BCUT2D eigenvalue weighted by Crippen LogP contribution is -2.13. The third-order valence-electron chi connectivity index (χ3n) is 4.12. The van der Waals surface area contributed by atoms with Gasteiger partial charge < -0.3 is 4.42 Å². The minimum absolute atomic E-state index is 0.0105. The van der Waals surface area contributed by atoms with Crippen LogP contribution in [0, 0.1) is 28.4 Å². The summed E-state index contributed by atoms with van der Waals surface area (Å²) in [7, 11) is 0. The summed E-state index contributed by atoms with van der Waals surface area (Å²) in [6.07, 6.45) is 1.32. The molecule has 9 nitrogen and oxygen atoms in total. The molecule has 30 heavy (non-hydrogen) atoms. The number of carbonyl (C=O) groups is 1. The molecule has 0 bridgehead atoms. The predicted molar refractivity (Wildman–Crippen MR) is 112 cm³/mol. The van der Waals surface area contributed by atoms with Crippen molar-refractivity contribution in [2.45, 2.75) is 26.7 Å². The molecule has 0 spiro atoms. The van der Waals surface area contributed by atoms with E-state index >= 15 is 0 Å². The minimum atomic E-state index is -0.617. The van der Waals surface area contributed by atoms with Crippen molar-refractivity contribution < 1.29 is 14.1 Å². The predicted octanol–water partition coefficient (Wildman–Crippen LogP) is 4.68. The van der Waals surface area contributed by atoms with Crippen LogP contribution < -0.4 is 5.32 Å². The topological polar surface area (TPSA) is 135 Å². The summed E-state index contributed by atoms with van der Waals surface area (Å²) in [6, 6.07) is 9.58. The van der Waals surface area contributed by atoms with Gasteiger partial charge in [0.15, 0.2) is 0 Å². The zero-order chi connectivity index (χ0) is 21.8. The molecular weight excluding hydrogens is 406 g/mol. The monoisotopic (exact) mass is 423 g/mol. The van der Waals surface area contributed by atoms with Gasteiger partial charge in [-0.15, -0.1) is 10.2 Å². The highest BCUT2D eigenvalue weighted by atomic mass is 32.1. The van der Waals surface area contributed by atoms with Crippen molar-refractivity contribution in [2.24, 2.45) is 0 Å². The number of nitrogens with zero attached hydrogens (tertiary/aromatic N) is 4. The molecule has 2 aromatic heterocycles. The average Bonchev–Trinajstić information content (AvgIpc) is 3.35. The van der Waals surface area contributed by atoms with Crippen LogP contribution in [0.15, 0.2) is 40.3 Å². The summed E-state index contributed by atoms with van der Waals surface area (Å²) in [5.74, 6) is 0.337. The third-order valence-corrected chi connectivity index (χ3v) is 5.26. The molecule has 2 heterocycles. The highest BCUT2D eigenvalue weighted by Gasteiger charge is 2.16. The molecule has 0 radical (unpaired) electrons. The van der Waals surface area contributed by atoms with Gasteiger partial charge in [0.25, 0.3) is 11.6 Å². The maximum absolute atomic E-state index is 12.4. The number of hydrogen-bond donors (Lipinski definition) is 1. The third kappa shape index (κ3) is 4.59. The van der Waals surface area contributed by atoms with Gasteiger partial charge >= 0.3 is 0 Å². The molecule has 0 aliphatic carbocycles. The fourth-order valence-corrected chi connectivity index (χ4v) is 3.33. The lowest BCUT2D eigenvalue weighted by atomic mass is 10.1. The normalized spacial score (nSPS) is 11.4. The Morgan fingerprint density at radius 3 is 2.70 bits per heavy atom. The summed E-state index contributed by atoms with van der Waals surface area (Å²) in [4.78, 5) is 22.8. The van der Waals surface area contributed by atoms with E-state index in [1.165, 1.54) is 29.5 Å². The molecule has 3 aromatic rings. The van der Waals surface area contributed by atoms with Crippen molar-refractivity contribution in [3.05, 3.63) is 62.4 Å². The van der Waals surface area contributed by atoms with Gasteiger partial charge in [0, 0.05) is 29.7 Å². The standard InChI is InChI=1S/C20H17N5O4S/c1-11(2)19-23-24-20(30-19)22-18(26)13(10-21)9-15-5-7-17(29-15)16-6-4-14(25(27)28)8-12(16)3/h4-9,11H,1-3H3,(H,22,24,26)/b13-9-. The molecule has 0 aliphatic heterocycles. The summed E-state index contributed by atoms with van der Waals surface area (Å²) in [5.41, 5.74) is 1.18. The van der Waals surface area contributed by atoms with Gasteiger partial charge in [0.05, 0.1) is 4.92 Å². The number of benzene rings is 1. The second-order valence-corrected chi connectivity index (χ2v) is 7.69. The first-order chi connectivity index (χ1) is 14.3. The lowest BCUT2D eigenvalue weighted by Gasteiger charge is -2.02. The van der Waals surface area contributed by atoms with Crippen LogP contribution in [0.4, 0.5) is 10.8 Å². The summed E-state index contributed by atoms with van der Waals surface area (Å²) < 4.78 is 5.72. The molecule has 1 amide bonds. The van der Waals surface area contributed by atoms with Crippen LogP contribution in [0.3, 0.4) is 0 Å². The van der Waals surface area contributed by atoms with Gasteiger partial charge in [0.2, 0.25) is 5.13 Å². The van der Waals surface area contributed by atoms with E-state index in [4.69, 9.17) is 4.42 Å². The molecule has 152 valence electrons. The molecule has 10 heteroatoms. The molecule has 0 fully saturated rings. The first-order valence-electron chi connectivity index (χ1n) is 8.90. The van der Waals surface area contributed by atoms with Gasteiger partial charge in [-0.25, -0.2) is 0 Å². The Balaban J connectivity index is 1.80. The van der Waals surface area contributed by atoms with Crippen LogP contribution in [0.1, 0.15) is 36.1 Å². The van der Waals surface area contributed by atoms with Gasteiger partial charge in [-0.2, -0.15) is 5.26 Å². The molecular formula is C20H17N5O4S. The molecule has 0 saturated carbocycles. The Kier molecular flexibility index (Phi) is 6.03. The lowest BCUT2D eigenvalue weighted by molar-refractivity contribution is -0.384. The highest BCUT2D eigenvalue weighted by Crippen LogP contribution is 2.29. The number of carbonyl (C=O) groups excluding carboxylic acids is 1. The maximum atomic E-state index is 12.4. The molecule has 0 unspecified atom stereocenters. The van der Waals surface area contributed by atoms with E-state index < -0.39 is 10.8 Å². The number of rotatable bonds is 6. The number of furan rings is 1. The molecule has 3 rings (SSSR count). The van der Waals surface area contributed by atoms with Crippen molar-refractivity contribution in [3.63, 3.8) is 0 Å². The van der Waals surface area contributed by atoms with Crippen LogP contribution >= 0.6 is 11.3 Å². The van der Waals surface area contributed by atoms with Crippen LogP contribution in [0.2, 0.25) is 0 Å². The van der Waals surface area contributed by atoms with Crippen molar-refractivity contribution in [1.82, 2.24) is 10.2 Å². The summed E-state index contributed by atoms with van der Waals surface area (Å²) >= 11 is 1.25. The Labute approximate surface area is 175 Å². The fraction of sp³-hybridized carbons (Fsp3) is 0.200. The molecule has 0 saturated heterocycles. The van der Waals surface area contributed by atoms with Crippen molar-refractivity contribution in [2.75, 3.05) is 5.32 Å². The highest BCUT2D eigenvalue weighted by molar-refractivity contribution is 7.15. The number of nitriles is 1. The van der Waals surface area contributed by atoms with E-state index in [2.05, 4.69) is 15.5 Å². The molecule has 0 aliphatic rings. The second-order valence-electron chi connectivity index (χ2n) is 6.68. The van der Waals surface area contributed by atoms with Gasteiger partial charge in [-0.3, -0.25) is 20.2 Å². The Morgan fingerprint density at radius 1 is 1.33 bits per heavy atom. The average molecular weight is 423 g/mol. The summed E-state index contributed by atoms with van der Waals surface area (Å²) in [5, 5.41) is 31.8. The number of amides is 1. The Bertz CT molecular complexity index is 1190. The van der Waals surface area contributed by atoms with E-state index in [-0.39, 0.29) is 17.2 Å². The molecule has 1 N–H and O–H groups in total. The van der Waals surface area contributed by atoms with Crippen LogP contribution in [-0.2, 0) is 4.79 Å². The van der Waals surface area contributed by atoms with Crippen LogP contribution in [0.5, 0.6) is 0 Å². The first kappa shape index (κ1) is 20.9. The number of nitro groups is 1. The van der Waals surface area contributed by atoms with E-state index in [0.29, 0.717) is 27.8 Å². The largest absolute Gasteiger partial charge is 0.457 e. The Hall–Kier alpha value is -3.84. The van der Waals surface area contributed by atoms with Gasteiger partial charge in [-0.05, 0) is 30.7 Å². The number of anilines is 1. The number of nitro benzene ring substituents is 1. The van der Waals surface area contributed by atoms with Crippen LogP contribution in [0.25, 0.3) is 17.4 Å². The zero-order valence-corrected chi connectivity index (χ0v) is 17.2. The van der Waals surface area contributed by atoms with E-state index in [1.54, 1.807) is 25.1 Å². The van der Waals surface area contributed by atoms with E-state index in [9.17, 15) is 20.2 Å². The zero-order valence-electron chi connectivity index (χ0n) is 16.4. The maximum Gasteiger partial charge on any atom is 0.269 e. The SMILES string of the molecule is Cc1cc([N+](=O)[O-])ccc1-c1ccc(/C=C(/C#N)C(=O)Nc2nnc(C(C)C)s2)o1. The number of non-ortho nitro benzene ring substituents is 1. The van der Waals surface area contributed by atoms with E-state index in [0.717, 1.165) is 5.01 Å². The number of hydrogen-bond acceptors (Lipinski definition) is 8. The van der Waals surface area contributed by atoms with Crippen molar-refractivity contribution >= 4 is 34.1 Å². The Morgan fingerprint density at radius 2 is 2.10 bits per heavy atom. The number of aromatic nitrogens is 2. The minimum Gasteiger partial charge on any atom is -0.457 e. The van der Waals surface area contributed by atoms with Gasteiger partial charge in [-0.1, -0.05) is 25.2 Å².